The fourth-order valence-corrected chi connectivity index (χ4v) is 2.16. The molecule has 0 N–H and O–H groups in total. The second kappa shape index (κ2) is 5.97. The maximum atomic E-state index is 13.0. The summed E-state index contributed by atoms with van der Waals surface area (Å²) in [4.78, 5) is 9.99. The van der Waals surface area contributed by atoms with E-state index in [1.165, 1.54) is 0 Å². The minimum atomic E-state index is -4.41. The Morgan fingerprint density at radius 3 is 2.20 bits per heavy atom. The summed E-state index contributed by atoms with van der Waals surface area (Å²) in [6.45, 7) is 5.45. The Bertz CT molecular complexity index is 449. The minimum Gasteiger partial charge on any atom is -0.357 e. The van der Waals surface area contributed by atoms with Crippen LogP contribution in [0.15, 0.2) is 6.07 Å². The predicted molar refractivity (Wildman–Crippen MR) is 71.8 cm³/mol. The van der Waals surface area contributed by atoms with Crippen LogP contribution in [0.25, 0.3) is 0 Å². The molecule has 1 fully saturated rings. The molecule has 20 heavy (non-hydrogen) atoms. The highest BCUT2D eigenvalue weighted by Crippen LogP contribution is 2.40. The molecule has 1 aliphatic rings. The number of anilines is 1. The molecule has 0 saturated heterocycles. The lowest BCUT2D eigenvalue weighted by molar-refractivity contribution is -0.141. The molecule has 0 bridgehead atoms. The van der Waals surface area contributed by atoms with Crippen molar-refractivity contribution in [2.24, 2.45) is 0 Å². The summed E-state index contributed by atoms with van der Waals surface area (Å²) in [5.74, 6) is 0.881. The average Bonchev–Trinajstić information content (AvgIpc) is 3.21. The molecule has 0 aromatic carbocycles. The van der Waals surface area contributed by atoms with Crippen LogP contribution in [0, 0.1) is 0 Å². The molecule has 0 atom stereocenters. The second-order valence-electron chi connectivity index (χ2n) is 5.23. The number of rotatable bonds is 6. The van der Waals surface area contributed by atoms with Gasteiger partial charge in [-0.2, -0.15) is 13.2 Å². The van der Waals surface area contributed by atoms with E-state index in [4.69, 9.17) is 0 Å². The van der Waals surface area contributed by atoms with Crippen molar-refractivity contribution in [3.8, 4) is 0 Å². The molecule has 0 aliphatic heterocycles. The summed E-state index contributed by atoms with van der Waals surface area (Å²) >= 11 is 0. The molecule has 0 unspecified atom stereocenters. The maximum Gasteiger partial charge on any atom is 0.433 e. The molecule has 2 rings (SSSR count). The van der Waals surface area contributed by atoms with Gasteiger partial charge in [-0.1, -0.05) is 13.8 Å². The first kappa shape index (κ1) is 15.1. The zero-order chi connectivity index (χ0) is 14.8. The summed E-state index contributed by atoms with van der Waals surface area (Å²) in [6, 6.07) is 1.08. The van der Waals surface area contributed by atoms with Crippen molar-refractivity contribution in [2.45, 2.75) is 51.6 Å². The van der Waals surface area contributed by atoms with Crippen LogP contribution in [0.4, 0.5) is 19.0 Å². The van der Waals surface area contributed by atoms with Gasteiger partial charge in [-0.05, 0) is 25.7 Å². The highest BCUT2D eigenvalue weighted by molar-refractivity contribution is 5.41. The minimum absolute atomic E-state index is 0.112. The lowest BCUT2D eigenvalue weighted by atomic mass is 10.3. The van der Waals surface area contributed by atoms with Crippen molar-refractivity contribution in [1.29, 1.82) is 0 Å². The van der Waals surface area contributed by atoms with Gasteiger partial charge in [0.25, 0.3) is 0 Å². The Kier molecular flexibility index (Phi) is 4.50. The molecule has 1 aromatic rings. The molecule has 112 valence electrons. The molecule has 1 saturated carbocycles. The molecule has 6 heteroatoms. The Morgan fingerprint density at radius 2 is 1.75 bits per heavy atom. The molecule has 0 spiro atoms. The van der Waals surface area contributed by atoms with Crippen LogP contribution in [0.1, 0.15) is 57.0 Å². The topological polar surface area (TPSA) is 29.0 Å². The summed E-state index contributed by atoms with van der Waals surface area (Å²) in [5.41, 5.74) is -0.818. The summed E-state index contributed by atoms with van der Waals surface area (Å²) in [7, 11) is 0. The van der Waals surface area contributed by atoms with E-state index >= 15 is 0 Å². The Labute approximate surface area is 117 Å². The quantitative estimate of drug-likeness (QED) is 0.792. The van der Waals surface area contributed by atoms with Gasteiger partial charge in [0.15, 0.2) is 0 Å². The van der Waals surface area contributed by atoms with Crippen molar-refractivity contribution in [1.82, 2.24) is 9.97 Å². The number of alkyl halides is 3. The van der Waals surface area contributed by atoms with Gasteiger partial charge in [-0.25, -0.2) is 9.97 Å². The van der Waals surface area contributed by atoms with Gasteiger partial charge in [-0.3, -0.25) is 0 Å². The van der Waals surface area contributed by atoms with Crippen molar-refractivity contribution < 1.29 is 13.2 Å². The standard InChI is InChI=1S/C14H20F3N3/c1-3-7-20(8-4-2)12-9-11(14(15,16)17)18-13(19-12)10-5-6-10/h9-10H,3-8H2,1-2H3. The third kappa shape index (κ3) is 3.61. The molecule has 1 aromatic heterocycles. The Hall–Kier alpha value is -1.33. The first-order valence-corrected chi connectivity index (χ1v) is 7.16. The molecule has 1 aliphatic carbocycles. The Morgan fingerprint density at radius 1 is 1.15 bits per heavy atom. The maximum absolute atomic E-state index is 13.0. The van der Waals surface area contributed by atoms with Crippen LogP contribution < -0.4 is 4.90 Å². The third-order valence-electron chi connectivity index (χ3n) is 3.27. The van der Waals surface area contributed by atoms with Gasteiger partial charge >= 0.3 is 6.18 Å². The molecular weight excluding hydrogens is 267 g/mol. The molecule has 0 radical (unpaired) electrons. The van der Waals surface area contributed by atoms with Crippen molar-refractivity contribution in [3.05, 3.63) is 17.6 Å². The number of hydrogen-bond donors (Lipinski definition) is 0. The monoisotopic (exact) mass is 287 g/mol. The van der Waals surface area contributed by atoms with Gasteiger partial charge < -0.3 is 4.90 Å². The fourth-order valence-electron chi connectivity index (χ4n) is 2.16. The van der Waals surface area contributed by atoms with Crippen LogP contribution in [0.3, 0.4) is 0 Å². The van der Waals surface area contributed by atoms with E-state index in [-0.39, 0.29) is 5.92 Å². The lowest BCUT2D eigenvalue weighted by Gasteiger charge is -2.23. The largest absolute Gasteiger partial charge is 0.433 e. The van der Waals surface area contributed by atoms with Gasteiger partial charge in [-0.15, -0.1) is 0 Å². The predicted octanol–water partition coefficient (Wildman–Crippen LogP) is 4.00. The van der Waals surface area contributed by atoms with E-state index in [1.807, 2.05) is 18.7 Å². The number of nitrogens with zero attached hydrogens (tertiary/aromatic N) is 3. The van der Waals surface area contributed by atoms with Crippen molar-refractivity contribution in [2.75, 3.05) is 18.0 Å². The van der Waals surface area contributed by atoms with Crippen LogP contribution in [0.2, 0.25) is 0 Å². The first-order valence-electron chi connectivity index (χ1n) is 7.16. The van der Waals surface area contributed by atoms with Crippen molar-refractivity contribution in [3.63, 3.8) is 0 Å². The van der Waals surface area contributed by atoms with Crippen LogP contribution in [-0.2, 0) is 6.18 Å². The Balaban J connectivity index is 2.37. The third-order valence-corrected chi connectivity index (χ3v) is 3.27. The number of hydrogen-bond acceptors (Lipinski definition) is 3. The zero-order valence-electron chi connectivity index (χ0n) is 11.9. The second-order valence-corrected chi connectivity index (χ2v) is 5.23. The summed E-state index contributed by atoms with van der Waals surface area (Å²) in [5, 5.41) is 0. The molecule has 3 nitrogen and oxygen atoms in total. The zero-order valence-corrected chi connectivity index (χ0v) is 11.9. The number of aromatic nitrogens is 2. The first-order chi connectivity index (χ1) is 9.45. The van der Waals surface area contributed by atoms with E-state index in [0.717, 1.165) is 31.7 Å². The normalized spacial score (nSPS) is 15.4. The highest BCUT2D eigenvalue weighted by atomic mass is 19.4. The van der Waals surface area contributed by atoms with E-state index in [0.29, 0.717) is 24.7 Å². The SMILES string of the molecule is CCCN(CCC)c1cc(C(F)(F)F)nc(C2CC2)n1. The van der Waals surface area contributed by atoms with Gasteiger partial charge in [0, 0.05) is 25.1 Å². The smallest absolute Gasteiger partial charge is 0.357 e. The summed E-state index contributed by atoms with van der Waals surface area (Å²) in [6.07, 6.45) is -0.871. The van der Waals surface area contributed by atoms with Crippen molar-refractivity contribution >= 4 is 5.82 Å². The lowest BCUT2D eigenvalue weighted by Crippen LogP contribution is -2.27. The van der Waals surface area contributed by atoms with E-state index in [9.17, 15) is 13.2 Å². The van der Waals surface area contributed by atoms with Crippen LogP contribution in [0.5, 0.6) is 0 Å². The highest BCUT2D eigenvalue weighted by Gasteiger charge is 2.36. The van der Waals surface area contributed by atoms with Gasteiger partial charge in [0.2, 0.25) is 0 Å². The van der Waals surface area contributed by atoms with Crippen LogP contribution >= 0.6 is 0 Å². The average molecular weight is 287 g/mol. The molecule has 1 heterocycles. The molecular formula is C14H20F3N3. The van der Waals surface area contributed by atoms with Gasteiger partial charge in [0.05, 0.1) is 0 Å². The van der Waals surface area contributed by atoms with E-state index in [1.54, 1.807) is 0 Å². The van der Waals surface area contributed by atoms with Crippen LogP contribution in [-0.4, -0.2) is 23.1 Å². The van der Waals surface area contributed by atoms with E-state index in [2.05, 4.69) is 9.97 Å². The van der Waals surface area contributed by atoms with E-state index < -0.39 is 11.9 Å². The molecule has 0 amide bonds. The fraction of sp³-hybridized carbons (Fsp3) is 0.714. The summed E-state index contributed by atoms with van der Waals surface area (Å²) < 4.78 is 38.9. The number of halogens is 3. The van der Waals surface area contributed by atoms with Gasteiger partial charge in [0.1, 0.15) is 17.3 Å².